The standard InChI is InChI=1S/C10H16N2S2/c1-8(2)12-6-9(3)7-14-10-11-4-5-13-10/h4-5,8,12H,3,6-7H2,1-2H3. The zero-order valence-corrected chi connectivity index (χ0v) is 10.3. The summed E-state index contributed by atoms with van der Waals surface area (Å²) in [5.74, 6) is 0.952. The minimum Gasteiger partial charge on any atom is -0.311 e. The van der Waals surface area contributed by atoms with Crippen LogP contribution in [0.1, 0.15) is 13.8 Å². The van der Waals surface area contributed by atoms with Crippen LogP contribution < -0.4 is 5.32 Å². The molecule has 0 aliphatic carbocycles. The first-order valence-electron chi connectivity index (χ1n) is 4.61. The summed E-state index contributed by atoms with van der Waals surface area (Å²) in [5, 5.41) is 5.34. The number of thiazole rings is 1. The molecule has 1 rings (SSSR count). The van der Waals surface area contributed by atoms with Gasteiger partial charge in [-0.05, 0) is 0 Å². The molecule has 0 fully saturated rings. The predicted molar refractivity (Wildman–Crippen MR) is 65.1 cm³/mol. The topological polar surface area (TPSA) is 24.9 Å². The number of nitrogens with zero attached hydrogens (tertiary/aromatic N) is 1. The maximum Gasteiger partial charge on any atom is 0.150 e. The van der Waals surface area contributed by atoms with E-state index in [0.29, 0.717) is 6.04 Å². The highest BCUT2D eigenvalue weighted by molar-refractivity contribution is 8.01. The van der Waals surface area contributed by atoms with Gasteiger partial charge in [0.2, 0.25) is 0 Å². The molecule has 0 saturated heterocycles. The first-order chi connectivity index (χ1) is 6.68. The molecule has 0 spiro atoms. The van der Waals surface area contributed by atoms with Crippen molar-refractivity contribution in [1.29, 1.82) is 0 Å². The normalized spacial score (nSPS) is 10.8. The quantitative estimate of drug-likeness (QED) is 0.598. The van der Waals surface area contributed by atoms with Crippen molar-refractivity contribution in [3.8, 4) is 0 Å². The second-order valence-electron chi connectivity index (χ2n) is 3.37. The summed E-state index contributed by atoms with van der Waals surface area (Å²) in [6, 6.07) is 0.525. The van der Waals surface area contributed by atoms with E-state index in [4.69, 9.17) is 0 Å². The molecule has 1 aromatic heterocycles. The number of thioether (sulfide) groups is 1. The van der Waals surface area contributed by atoms with Gasteiger partial charge in [-0.3, -0.25) is 0 Å². The van der Waals surface area contributed by atoms with E-state index >= 15 is 0 Å². The third-order valence-electron chi connectivity index (χ3n) is 1.57. The summed E-state index contributed by atoms with van der Waals surface area (Å²) in [5.41, 5.74) is 1.22. The summed E-state index contributed by atoms with van der Waals surface area (Å²) in [7, 11) is 0. The lowest BCUT2D eigenvalue weighted by molar-refractivity contribution is 0.623. The molecule has 0 bridgehead atoms. The largest absolute Gasteiger partial charge is 0.311 e. The van der Waals surface area contributed by atoms with E-state index in [2.05, 4.69) is 30.7 Å². The van der Waals surface area contributed by atoms with Gasteiger partial charge in [-0.1, -0.05) is 37.8 Å². The molecule has 78 valence electrons. The molecule has 1 aromatic rings. The maximum absolute atomic E-state index is 4.20. The molecular formula is C10H16N2S2. The monoisotopic (exact) mass is 228 g/mol. The van der Waals surface area contributed by atoms with Crippen LogP contribution in [0, 0.1) is 0 Å². The number of aromatic nitrogens is 1. The molecule has 14 heavy (non-hydrogen) atoms. The Morgan fingerprint density at radius 1 is 1.71 bits per heavy atom. The van der Waals surface area contributed by atoms with Gasteiger partial charge >= 0.3 is 0 Å². The van der Waals surface area contributed by atoms with Crippen LogP contribution in [0.5, 0.6) is 0 Å². The van der Waals surface area contributed by atoms with Gasteiger partial charge in [-0.2, -0.15) is 0 Å². The Morgan fingerprint density at radius 3 is 3.07 bits per heavy atom. The fourth-order valence-corrected chi connectivity index (χ4v) is 2.39. The van der Waals surface area contributed by atoms with Crippen LogP contribution in [0.25, 0.3) is 0 Å². The van der Waals surface area contributed by atoms with E-state index in [1.807, 2.05) is 11.6 Å². The first-order valence-corrected chi connectivity index (χ1v) is 6.47. The third kappa shape index (κ3) is 4.79. The molecule has 4 heteroatoms. The lowest BCUT2D eigenvalue weighted by atomic mass is 10.3. The van der Waals surface area contributed by atoms with Crippen LogP contribution in [-0.2, 0) is 0 Å². The molecule has 1 heterocycles. The number of nitrogens with one attached hydrogen (secondary N) is 1. The minimum atomic E-state index is 0.525. The Kier molecular flexibility index (Phi) is 5.22. The zero-order valence-electron chi connectivity index (χ0n) is 8.62. The number of hydrogen-bond donors (Lipinski definition) is 1. The first kappa shape index (κ1) is 11.8. The predicted octanol–water partition coefficient (Wildman–Crippen LogP) is 2.79. The summed E-state index contributed by atoms with van der Waals surface area (Å²) >= 11 is 3.43. The highest BCUT2D eigenvalue weighted by Crippen LogP contribution is 2.21. The summed E-state index contributed by atoms with van der Waals surface area (Å²) in [6.45, 7) is 9.20. The van der Waals surface area contributed by atoms with E-state index < -0.39 is 0 Å². The van der Waals surface area contributed by atoms with Gasteiger partial charge in [0.15, 0.2) is 0 Å². The van der Waals surface area contributed by atoms with E-state index in [0.717, 1.165) is 16.6 Å². The number of rotatable bonds is 6. The zero-order chi connectivity index (χ0) is 10.4. The lowest BCUT2D eigenvalue weighted by Crippen LogP contribution is -2.25. The van der Waals surface area contributed by atoms with Crippen LogP contribution in [0.2, 0.25) is 0 Å². The smallest absolute Gasteiger partial charge is 0.150 e. The molecule has 0 amide bonds. The van der Waals surface area contributed by atoms with Crippen molar-refractivity contribution >= 4 is 23.1 Å². The fraction of sp³-hybridized carbons (Fsp3) is 0.500. The SMILES string of the molecule is C=C(CNC(C)C)CSc1nccs1. The Morgan fingerprint density at radius 2 is 2.50 bits per heavy atom. The van der Waals surface area contributed by atoms with E-state index in [1.54, 1.807) is 23.1 Å². The average Bonchev–Trinajstić information content (AvgIpc) is 2.63. The van der Waals surface area contributed by atoms with Gasteiger partial charge in [0.1, 0.15) is 4.34 Å². The highest BCUT2D eigenvalue weighted by atomic mass is 32.2. The van der Waals surface area contributed by atoms with Crippen molar-refractivity contribution in [3.05, 3.63) is 23.7 Å². The van der Waals surface area contributed by atoms with Gasteiger partial charge in [0.25, 0.3) is 0 Å². The Labute approximate surface area is 93.8 Å². The van der Waals surface area contributed by atoms with E-state index in [1.165, 1.54) is 5.57 Å². The van der Waals surface area contributed by atoms with Crippen molar-refractivity contribution in [2.24, 2.45) is 0 Å². The molecule has 0 saturated carbocycles. The minimum absolute atomic E-state index is 0.525. The third-order valence-corrected chi connectivity index (χ3v) is 3.68. The summed E-state index contributed by atoms with van der Waals surface area (Å²) in [4.78, 5) is 4.20. The summed E-state index contributed by atoms with van der Waals surface area (Å²) in [6.07, 6.45) is 1.84. The van der Waals surface area contributed by atoms with E-state index in [-0.39, 0.29) is 0 Å². The van der Waals surface area contributed by atoms with Crippen molar-refractivity contribution in [3.63, 3.8) is 0 Å². The molecule has 0 aliphatic heterocycles. The van der Waals surface area contributed by atoms with Crippen LogP contribution >= 0.6 is 23.1 Å². The van der Waals surface area contributed by atoms with Crippen molar-refractivity contribution in [1.82, 2.24) is 10.3 Å². The van der Waals surface area contributed by atoms with Gasteiger partial charge in [-0.25, -0.2) is 4.98 Å². The average molecular weight is 228 g/mol. The lowest BCUT2D eigenvalue weighted by Gasteiger charge is -2.09. The van der Waals surface area contributed by atoms with Gasteiger partial charge < -0.3 is 5.32 Å². The van der Waals surface area contributed by atoms with Crippen molar-refractivity contribution in [2.45, 2.75) is 24.2 Å². The second-order valence-corrected chi connectivity index (χ2v) is 5.49. The van der Waals surface area contributed by atoms with Crippen LogP contribution in [0.3, 0.4) is 0 Å². The molecule has 0 aromatic carbocycles. The van der Waals surface area contributed by atoms with Gasteiger partial charge in [0.05, 0.1) is 0 Å². The molecule has 0 unspecified atom stereocenters. The number of hydrogen-bond acceptors (Lipinski definition) is 4. The molecule has 0 atom stereocenters. The maximum atomic E-state index is 4.20. The molecule has 0 aliphatic rings. The molecule has 2 nitrogen and oxygen atoms in total. The van der Waals surface area contributed by atoms with Gasteiger partial charge in [-0.15, -0.1) is 11.3 Å². The molecular weight excluding hydrogens is 212 g/mol. The highest BCUT2D eigenvalue weighted by Gasteiger charge is 2.00. The Balaban J connectivity index is 2.15. The van der Waals surface area contributed by atoms with Crippen LogP contribution in [-0.4, -0.2) is 23.3 Å². The van der Waals surface area contributed by atoms with E-state index in [9.17, 15) is 0 Å². The van der Waals surface area contributed by atoms with Crippen molar-refractivity contribution < 1.29 is 0 Å². The molecule has 1 N–H and O–H groups in total. The summed E-state index contributed by atoms with van der Waals surface area (Å²) < 4.78 is 1.12. The fourth-order valence-electron chi connectivity index (χ4n) is 0.845. The Bertz CT molecular complexity index is 268. The van der Waals surface area contributed by atoms with Gasteiger partial charge in [0, 0.05) is 29.9 Å². The van der Waals surface area contributed by atoms with Crippen LogP contribution in [0.4, 0.5) is 0 Å². The molecule has 0 radical (unpaired) electrons. The Hall–Kier alpha value is -0.320. The second kappa shape index (κ2) is 6.22. The van der Waals surface area contributed by atoms with Crippen molar-refractivity contribution in [2.75, 3.05) is 12.3 Å². The van der Waals surface area contributed by atoms with Crippen LogP contribution in [0.15, 0.2) is 28.1 Å².